The molecule has 0 aliphatic rings. The summed E-state index contributed by atoms with van der Waals surface area (Å²) in [5, 5.41) is 3.39. The van der Waals surface area contributed by atoms with E-state index in [4.69, 9.17) is 9.47 Å². The van der Waals surface area contributed by atoms with Gasteiger partial charge in [-0.05, 0) is 24.3 Å². The molecule has 0 bridgehead atoms. The normalized spacial score (nSPS) is 10.9. The number of rotatable bonds is 7. The SMILES string of the molecule is COc1ccccc1CNC(=O)COC(=O)/C=C/c1nc2ccccc2s1. The van der Waals surface area contributed by atoms with Gasteiger partial charge in [0.1, 0.15) is 10.8 Å². The molecule has 6 nitrogen and oxygen atoms in total. The molecule has 7 heteroatoms. The van der Waals surface area contributed by atoms with Crippen LogP contribution in [0.4, 0.5) is 0 Å². The summed E-state index contributed by atoms with van der Waals surface area (Å²) < 4.78 is 11.2. The van der Waals surface area contributed by atoms with Crippen molar-refractivity contribution in [1.82, 2.24) is 10.3 Å². The monoisotopic (exact) mass is 382 g/mol. The number of amides is 1. The van der Waals surface area contributed by atoms with Crippen LogP contribution < -0.4 is 10.1 Å². The molecule has 0 aliphatic heterocycles. The lowest BCUT2D eigenvalue weighted by molar-refractivity contribution is -0.143. The van der Waals surface area contributed by atoms with Crippen LogP contribution in [0.25, 0.3) is 16.3 Å². The highest BCUT2D eigenvalue weighted by Gasteiger charge is 2.07. The molecule has 0 fully saturated rings. The summed E-state index contributed by atoms with van der Waals surface area (Å²) >= 11 is 1.48. The second-order valence-corrected chi connectivity index (χ2v) is 6.61. The molecule has 1 aromatic heterocycles. The standard InChI is InChI=1S/C20H18N2O4S/c1-25-16-8-4-2-6-14(16)12-21-18(23)13-26-20(24)11-10-19-22-15-7-3-5-9-17(15)27-19/h2-11H,12-13H2,1H3,(H,21,23)/b11-10+. The van der Waals surface area contributed by atoms with Crippen LogP contribution in [0.2, 0.25) is 0 Å². The Labute approximate surface area is 160 Å². The number of fused-ring (bicyclic) bond motifs is 1. The molecule has 0 aliphatic carbocycles. The number of aromatic nitrogens is 1. The van der Waals surface area contributed by atoms with Gasteiger partial charge in [-0.25, -0.2) is 9.78 Å². The van der Waals surface area contributed by atoms with Crippen molar-refractivity contribution in [2.24, 2.45) is 0 Å². The van der Waals surface area contributed by atoms with Crippen LogP contribution in [0.1, 0.15) is 10.6 Å². The lowest BCUT2D eigenvalue weighted by atomic mass is 10.2. The number of esters is 1. The number of hydrogen-bond donors (Lipinski definition) is 1. The number of carbonyl (C=O) groups is 2. The summed E-state index contributed by atoms with van der Waals surface area (Å²) in [6, 6.07) is 15.1. The van der Waals surface area contributed by atoms with Crippen molar-refractivity contribution in [3.63, 3.8) is 0 Å². The van der Waals surface area contributed by atoms with Crippen molar-refractivity contribution in [2.45, 2.75) is 6.54 Å². The Morgan fingerprint density at radius 2 is 1.93 bits per heavy atom. The van der Waals surface area contributed by atoms with E-state index in [1.54, 1.807) is 13.2 Å². The lowest BCUT2D eigenvalue weighted by Gasteiger charge is -2.09. The first-order valence-electron chi connectivity index (χ1n) is 8.24. The minimum Gasteiger partial charge on any atom is -0.496 e. The Bertz CT molecular complexity index is 948. The van der Waals surface area contributed by atoms with Gasteiger partial charge in [0.2, 0.25) is 0 Å². The van der Waals surface area contributed by atoms with Gasteiger partial charge in [0.05, 0.1) is 17.3 Å². The van der Waals surface area contributed by atoms with E-state index < -0.39 is 5.97 Å². The van der Waals surface area contributed by atoms with Crippen LogP contribution in [0.5, 0.6) is 5.75 Å². The second-order valence-electron chi connectivity index (χ2n) is 5.55. The van der Waals surface area contributed by atoms with Gasteiger partial charge in [0.25, 0.3) is 5.91 Å². The topological polar surface area (TPSA) is 77.5 Å². The predicted octanol–water partition coefficient (Wildman–Crippen LogP) is 3.18. The average molecular weight is 382 g/mol. The number of para-hydroxylation sites is 2. The zero-order valence-corrected chi connectivity index (χ0v) is 15.5. The van der Waals surface area contributed by atoms with Crippen LogP contribution >= 0.6 is 11.3 Å². The summed E-state index contributed by atoms with van der Waals surface area (Å²) in [4.78, 5) is 28.0. The first-order chi connectivity index (χ1) is 13.2. The minimum absolute atomic E-state index is 0.294. The fourth-order valence-corrected chi connectivity index (χ4v) is 3.25. The number of benzene rings is 2. The summed E-state index contributed by atoms with van der Waals surface area (Å²) in [7, 11) is 1.57. The molecule has 1 amide bonds. The predicted molar refractivity (Wildman–Crippen MR) is 104 cm³/mol. The van der Waals surface area contributed by atoms with Crippen molar-refractivity contribution in [1.29, 1.82) is 0 Å². The molecule has 0 unspecified atom stereocenters. The van der Waals surface area contributed by atoms with Crippen LogP contribution in [0.3, 0.4) is 0 Å². The maximum Gasteiger partial charge on any atom is 0.331 e. The van der Waals surface area contributed by atoms with E-state index in [1.165, 1.54) is 17.4 Å². The van der Waals surface area contributed by atoms with E-state index in [-0.39, 0.29) is 12.5 Å². The van der Waals surface area contributed by atoms with Gasteiger partial charge in [-0.15, -0.1) is 11.3 Å². The molecular weight excluding hydrogens is 364 g/mol. The fraction of sp³-hybridized carbons (Fsp3) is 0.150. The van der Waals surface area contributed by atoms with Crippen molar-refractivity contribution in [3.05, 3.63) is 65.2 Å². The number of hydrogen-bond acceptors (Lipinski definition) is 6. The molecule has 0 saturated carbocycles. The molecule has 0 radical (unpaired) electrons. The Morgan fingerprint density at radius 1 is 1.15 bits per heavy atom. The molecule has 3 aromatic rings. The number of nitrogens with zero attached hydrogens (tertiary/aromatic N) is 1. The van der Waals surface area contributed by atoms with E-state index in [9.17, 15) is 9.59 Å². The van der Waals surface area contributed by atoms with Crippen LogP contribution in [-0.4, -0.2) is 30.6 Å². The summed E-state index contributed by atoms with van der Waals surface area (Å²) in [6.07, 6.45) is 2.85. The van der Waals surface area contributed by atoms with E-state index in [1.807, 2.05) is 48.5 Å². The Hall–Kier alpha value is -3.19. The number of ether oxygens (including phenoxy) is 2. The van der Waals surface area contributed by atoms with Crippen molar-refractivity contribution in [3.8, 4) is 5.75 Å². The maximum absolute atomic E-state index is 11.8. The highest BCUT2D eigenvalue weighted by atomic mass is 32.1. The summed E-state index contributed by atoms with van der Waals surface area (Å²) in [5.74, 6) is -0.294. The third-order valence-corrected chi connectivity index (χ3v) is 4.69. The van der Waals surface area contributed by atoms with E-state index in [0.29, 0.717) is 17.3 Å². The molecule has 2 aromatic carbocycles. The van der Waals surface area contributed by atoms with E-state index in [0.717, 1.165) is 15.8 Å². The maximum atomic E-state index is 11.8. The van der Waals surface area contributed by atoms with Gasteiger partial charge in [-0.1, -0.05) is 30.3 Å². The second kappa shape index (κ2) is 8.95. The highest BCUT2D eigenvalue weighted by Crippen LogP contribution is 2.22. The molecule has 27 heavy (non-hydrogen) atoms. The van der Waals surface area contributed by atoms with Gasteiger partial charge in [0, 0.05) is 18.2 Å². The first-order valence-corrected chi connectivity index (χ1v) is 9.06. The van der Waals surface area contributed by atoms with Crippen LogP contribution in [0, 0.1) is 0 Å². The number of methoxy groups -OCH3 is 1. The zero-order chi connectivity index (χ0) is 19.1. The summed E-state index contributed by atoms with van der Waals surface area (Å²) in [5.41, 5.74) is 1.72. The van der Waals surface area contributed by atoms with Gasteiger partial charge < -0.3 is 14.8 Å². The molecule has 1 heterocycles. The van der Waals surface area contributed by atoms with E-state index in [2.05, 4.69) is 10.3 Å². The van der Waals surface area contributed by atoms with Crippen molar-refractivity contribution < 1.29 is 19.1 Å². The van der Waals surface area contributed by atoms with Crippen molar-refractivity contribution in [2.75, 3.05) is 13.7 Å². The molecular formula is C20H18N2O4S. The van der Waals surface area contributed by atoms with Crippen LogP contribution in [-0.2, 0) is 20.9 Å². The zero-order valence-electron chi connectivity index (χ0n) is 14.7. The quantitative estimate of drug-likeness (QED) is 0.502. The van der Waals surface area contributed by atoms with Crippen LogP contribution in [0.15, 0.2) is 54.6 Å². The molecule has 3 rings (SSSR count). The van der Waals surface area contributed by atoms with Gasteiger partial charge in [-0.2, -0.15) is 0 Å². The van der Waals surface area contributed by atoms with E-state index >= 15 is 0 Å². The third-order valence-electron chi connectivity index (χ3n) is 3.69. The Morgan fingerprint density at radius 3 is 2.74 bits per heavy atom. The largest absolute Gasteiger partial charge is 0.496 e. The van der Waals surface area contributed by atoms with Gasteiger partial charge >= 0.3 is 5.97 Å². The average Bonchev–Trinajstić information content (AvgIpc) is 3.12. The third kappa shape index (κ3) is 5.15. The number of carbonyl (C=O) groups excluding carboxylic acids is 2. The Kier molecular flexibility index (Phi) is 6.17. The first kappa shape index (κ1) is 18.6. The molecule has 0 saturated heterocycles. The molecule has 0 spiro atoms. The smallest absolute Gasteiger partial charge is 0.331 e. The number of nitrogens with one attached hydrogen (secondary N) is 1. The molecule has 138 valence electrons. The molecule has 1 N–H and O–H groups in total. The summed E-state index contributed by atoms with van der Waals surface area (Å²) in [6.45, 7) is -0.0554. The van der Waals surface area contributed by atoms with Gasteiger partial charge in [0.15, 0.2) is 6.61 Å². The van der Waals surface area contributed by atoms with Crippen molar-refractivity contribution >= 4 is 39.5 Å². The molecule has 0 atom stereocenters. The lowest BCUT2D eigenvalue weighted by Crippen LogP contribution is -2.28. The Balaban J connectivity index is 1.46. The fourth-order valence-electron chi connectivity index (χ4n) is 2.38. The van der Waals surface area contributed by atoms with Gasteiger partial charge in [-0.3, -0.25) is 4.79 Å². The highest BCUT2D eigenvalue weighted by molar-refractivity contribution is 7.19. The minimum atomic E-state index is -0.596. The number of thiazole rings is 1.